The van der Waals surface area contributed by atoms with E-state index in [4.69, 9.17) is 4.42 Å². The molecule has 1 aliphatic rings. The number of hydrogen-bond acceptors (Lipinski definition) is 7. The van der Waals surface area contributed by atoms with Crippen molar-refractivity contribution < 1.29 is 9.21 Å². The number of amides is 1. The molecule has 1 aromatic heterocycles. The van der Waals surface area contributed by atoms with E-state index in [1.165, 1.54) is 17.4 Å². The average Bonchev–Trinajstić information content (AvgIpc) is 3.07. The molecule has 138 valence electrons. The molecular formula is C18H23N5O2S. The lowest BCUT2D eigenvalue weighted by molar-refractivity contribution is -0.113. The predicted octanol–water partition coefficient (Wildman–Crippen LogP) is 2.42. The second-order valence-electron chi connectivity index (χ2n) is 6.05. The van der Waals surface area contributed by atoms with Crippen LogP contribution >= 0.6 is 11.8 Å². The monoisotopic (exact) mass is 373 g/mol. The minimum atomic E-state index is -0.100. The van der Waals surface area contributed by atoms with E-state index in [9.17, 15) is 4.79 Å². The van der Waals surface area contributed by atoms with Crippen LogP contribution in [-0.2, 0) is 4.79 Å². The van der Waals surface area contributed by atoms with Crippen LogP contribution in [0.25, 0.3) is 0 Å². The van der Waals surface area contributed by atoms with Crippen molar-refractivity contribution in [1.82, 2.24) is 15.1 Å². The number of nitrogens with one attached hydrogen (secondary N) is 1. The van der Waals surface area contributed by atoms with Crippen LogP contribution in [0.4, 0.5) is 11.4 Å². The standard InChI is InChI=1S/C18H23N5O2S/c1-3-8-22-9-11-23(12-10-22)16-6-4-15(5-7-16)19-17(24)13-26-18-21-20-14(2)25-18/h3-7H,1,8-13H2,2H3,(H,19,24). The first-order valence-electron chi connectivity index (χ1n) is 8.55. The molecule has 1 aliphatic heterocycles. The van der Waals surface area contributed by atoms with E-state index in [0.29, 0.717) is 11.1 Å². The van der Waals surface area contributed by atoms with E-state index < -0.39 is 0 Å². The van der Waals surface area contributed by atoms with E-state index >= 15 is 0 Å². The number of benzene rings is 1. The molecule has 0 bridgehead atoms. The highest BCUT2D eigenvalue weighted by Crippen LogP contribution is 2.20. The molecule has 1 N–H and O–H groups in total. The van der Waals surface area contributed by atoms with Crippen molar-refractivity contribution in [3.8, 4) is 0 Å². The summed E-state index contributed by atoms with van der Waals surface area (Å²) in [5.41, 5.74) is 1.96. The van der Waals surface area contributed by atoms with Crippen LogP contribution in [0.1, 0.15) is 5.89 Å². The van der Waals surface area contributed by atoms with E-state index in [1.54, 1.807) is 6.92 Å². The molecule has 0 atom stereocenters. The molecule has 0 radical (unpaired) electrons. The number of carbonyl (C=O) groups excluding carboxylic acids is 1. The Morgan fingerprint density at radius 1 is 1.27 bits per heavy atom. The van der Waals surface area contributed by atoms with Gasteiger partial charge in [0.15, 0.2) is 0 Å². The van der Waals surface area contributed by atoms with Crippen LogP contribution in [-0.4, -0.2) is 59.5 Å². The fourth-order valence-corrected chi connectivity index (χ4v) is 3.39. The van der Waals surface area contributed by atoms with Crippen molar-refractivity contribution >= 4 is 29.0 Å². The van der Waals surface area contributed by atoms with Crippen molar-refractivity contribution in [1.29, 1.82) is 0 Å². The fraction of sp³-hybridized carbons (Fsp3) is 0.389. The van der Waals surface area contributed by atoms with E-state index in [-0.39, 0.29) is 11.7 Å². The molecule has 1 amide bonds. The van der Waals surface area contributed by atoms with Crippen molar-refractivity contribution in [2.24, 2.45) is 0 Å². The number of anilines is 2. The third kappa shape index (κ3) is 5.09. The fourth-order valence-electron chi connectivity index (χ4n) is 2.79. The van der Waals surface area contributed by atoms with Gasteiger partial charge in [-0.2, -0.15) is 0 Å². The highest BCUT2D eigenvalue weighted by molar-refractivity contribution is 7.99. The van der Waals surface area contributed by atoms with Crippen molar-refractivity contribution in [3.63, 3.8) is 0 Å². The van der Waals surface area contributed by atoms with E-state index in [2.05, 4.69) is 31.9 Å². The van der Waals surface area contributed by atoms with Crippen LogP contribution in [0.2, 0.25) is 0 Å². The van der Waals surface area contributed by atoms with Crippen LogP contribution in [0.3, 0.4) is 0 Å². The van der Waals surface area contributed by atoms with Gasteiger partial charge in [-0.15, -0.1) is 16.8 Å². The SMILES string of the molecule is C=CCN1CCN(c2ccc(NC(=O)CSc3nnc(C)o3)cc2)CC1. The molecule has 26 heavy (non-hydrogen) atoms. The second-order valence-corrected chi connectivity index (χ2v) is 6.97. The van der Waals surface area contributed by atoms with Gasteiger partial charge in [0.2, 0.25) is 11.8 Å². The Morgan fingerprint density at radius 2 is 2.00 bits per heavy atom. The van der Waals surface area contributed by atoms with Gasteiger partial charge in [-0.05, 0) is 24.3 Å². The summed E-state index contributed by atoms with van der Waals surface area (Å²) in [6, 6.07) is 7.97. The van der Waals surface area contributed by atoms with Crippen molar-refractivity contribution in [3.05, 3.63) is 42.8 Å². The molecule has 7 nitrogen and oxygen atoms in total. The quantitative estimate of drug-likeness (QED) is 0.590. The zero-order valence-electron chi connectivity index (χ0n) is 14.9. The highest BCUT2D eigenvalue weighted by atomic mass is 32.2. The minimum Gasteiger partial charge on any atom is -0.416 e. The molecule has 0 saturated carbocycles. The van der Waals surface area contributed by atoms with Crippen molar-refractivity contribution in [2.75, 3.05) is 48.7 Å². The molecule has 3 rings (SSSR count). The van der Waals surface area contributed by atoms with Gasteiger partial charge < -0.3 is 14.6 Å². The molecule has 0 aliphatic carbocycles. The zero-order valence-corrected chi connectivity index (χ0v) is 15.7. The Balaban J connectivity index is 1.46. The van der Waals surface area contributed by atoms with Crippen LogP contribution in [0, 0.1) is 6.92 Å². The summed E-state index contributed by atoms with van der Waals surface area (Å²) in [5.74, 6) is 0.625. The Bertz CT molecular complexity index is 738. The van der Waals surface area contributed by atoms with Gasteiger partial charge in [0, 0.05) is 51.0 Å². The van der Waals surface area contributed by atoms with Gasteiger partial charge in [-0.25, -0.2) is 0 Å². The number of aryl methyl sites for hydroxylation is 1. The highest BCUT2D eigenvalue weighted by Gasteiger charge is 2.16. The molecule has 1 saturated heterocycles. The summed E-state index contributed by atoms with van der Waals surface area (Å²) in [4.78, 5) is 16.8. The number of thioether (sulfide) groups is 1. The zero-order chi connectivity index (χ0) is 18.4. The maximum atomic E-state index is 12.0. The van der Waals surface area contributed by atoms with E-state index in [1.807, 2.05) is 30.3 Å². The number of rotatable bonds is 7. The molecule has 2 aromatic rings. The number of nitrogens with zero attached hydrogens (tertiary/aromatic N) is 4. The number of hydrogen-bond donors (Lipinski definition) is 1. The molecule has 0 spiro atoms. The molecular weight excluding hydrogens is 350 g/mol. The number of piperazine rings is 1. The third-order valence-corrected chi connectivity index (χ3v) is 4.93. The summed E-state index contributed by atoms with van der Waals surface area (Å²) in [5, 5.41) is 10.9. The Morgan fingerprint density at radius 3 is 2.62 bits per heavy atom. The molecule has 0 unspecified atom stereocenters. The third-order valence-electron chi connectivity index (χ3n) is 4.11. The number of aromatic nitrogens is 2. The maximum absolute atomic E-state index is 12.0. The van der Waals surface area contributed by atoms with Crippen molar-refractivity contribution in [2.45, 2.75) is 12.1 Å². The topological polar surface area (TPSA) is 74.5 Å². The average molecular weight is 373 g/mol. The summed E-state index contributed by atoms with van der Waals surface area (Å²) in [6.07, 6.45) is 1.95. The summed E-state index contributed by atoms with van der Waals surface area (Å²) >= 11 is 1.23. The second kappa shape index (κ2) is 8.86. The molecule has 8 heteroatoms. The molecule has 2 heterocycles. The van der Waals surface area contributed by atoms with Crippen LogP contribution in [0.5, 0.6) is 0 Å². The van der Waals surface area contributed by atoms with Gasteiger partial charge >= 0.3 is 0 Å². The normalized spacial score (nSPS) is 15.0. The van der Waals surface area contributed by atoms with E-state index in [0.717, 1.165) is 38.4 Å². The summed E-state index contributed by atoms with van der Waals surface area (Å²) in [6.45, 7) is 10.5. The molecule has 1 aromatic carbocycles. The first-order chi connectivity index (χ1) is 12.6. The first kappa shape index (κ1) is 18.5. The van der Waals surface area contributed by atoms with Gasteiger partial charge in [0.1, 0.15) is 0 Å². The number of carbonyl (C=O) groups is 1. The van der Waals surface area contributed by atoms with Crippen LogP contribution in [0.15, 0.2) is 46.6 Å². The lowest BCUT2D eigenvalue weighted by Crippen LogP contribution is -2.46. The Labute approximate surface area is 157 Å². The Kier molecular flexibility index (Phi) is 6.30. The molecule has 1 fully saturated rings. The van der Waals surface area contributed by atoms with Crippen LogP contribution < -0.4 is 10.2 Å². The van der Waals surface area contributed by atoms with Gasteiger partial charge in [-0.1, -0.05) is 17.8 Å². The lowest BCUT2D eigenvalue weighted by Gasteiger charge is -2.35. The Hall–Kier alpha value is -2.32. The smallest absolute Gasteiger partial charge is 0.277 e. The summed E-state index contributed by atoms with van der Waals surface area (Å²) < 4.78 is 5.24. The van der Waals surface area contributed by atoms with Gasteiger partial charge in [0.25, 0.3) is 5.22 Å². The largest absolute Gasteiger partial charge is 0.416 e. The summed E-state index contributed by atoms with van der Waals surface area (Å²) in [7, 11) is 0. The lowest BCUT2D eigenvalue weighted by atomic mass is 10.2. The first-order valence-corrected chi connectivity index (χ1v) is 9.53. The minimum absolute atomic E-state index is 0.100. The van der Waals surface area contributed by atoms with Gasteiger partial charge in [0.05, 0.1) is 5.75 Å². The van der Waals surface area contributed by atoms with Gasteiger partial charge in [-0.3, -0.25) is 9.69 Å². The maximum Gasteiger partial charge on any atom is 0.277 e. The predicted molar refractivity (Wildman–Crippen MR) is 104 cm³/mol.